The molecule has 0 fully saturated rings. The molecule has 0 saturated carbocycles. The monoisotopic (exact) mass is 441 g/mol. The molecule has 0 atom stereocenters. The van der Waals surface area contributed by atoms with Gasteiger partial charge in [0.05, 0.1) is 10.5 Å². The minimum Gasteiger partial charge on any atom is -0.487 e. The Labute approximate surface area is 181 Å². The zero-order valence-corrected chi connectivity index (χ0v) is 16.9. The molecule has 0 radical (unpaired) electrons. The molecule has 1 heterocycles. The third-order valence-electron chi connectivity index (χ3n) is 4.34. The number of nitrogens with zero attached hydrogens (tertiary/aromatic N) is 2. The van der Waals surface area contributed by atoms with E-state index >= 15 is 0 Å². The number of benzene rings is 3. The fourth-order valence-electron chi connectivity index (χ4n) is 2.90. The van der Waals surface area contributed by atoms with Crippen LogP contribution in [0, 0.1) is 5.82 Å². The number of carbonyl (C=O) groups excluding carboxylic acids is 1. The largest absolute Gasteiger partial charge is 0.487 e. The maximum atomic E-state index is 13.3. The number of fused-ring (bicyclic) bond motifs is 1. The lowest BCUT2D eigenvalue weighted by atomic mass is 10.1. The highest BCUT2D eigenvalue weighted by Crippen LogP contribution is 2.31. The first-order valence-electron chi connectivity index (χ1n) is 8.88. The molecule has 5 nitrogen and oxygen atoms in total. The molecule has 4 aromatic rings. The van der Waals surface area contributed by atoms with Crippen LogP contribution in [0.3, 0.4) is 0 Å². The molecule has 0 bridgehead atoms. The van der Waals surface area contributed by atoms with Crippen molar-refractivity contribution >= 4 is 50.9 Å². The highest BCUT2D eigenvalue weighted by molar-refractivity contribution is 6.67. The molecule has 3 aromatic carbocycles. The van der Waals surface area contributed by atoms with Gasteiger partial charge in [-0.25, -0.2) is 14.4 Å². The summed E-state index contributed by atoms with van der Waals surface area (Å²) in [4.78, 5) is 19.9. The van der Waals surface area contributed by atoms with Crippen molar-refractivity contribution in [2.75, 3.05) is 5.32 Å². The molecule has 4 rings (SSSR count). The molecule has 0 amide bonds. The maximum absolute atomic E-state index is 13.3. The highest BCUT2D eigenvalue weighted by atomic mass is 35.5. The van der Waals surface area contributed by atoms with Gasteiger partial charge in [0, 0.05) is 16.6 Å². The third-order valence-corrected chi connectivity index (χ3v) is 4.85. The SMILES string of the molecule is O=C(Cl)c1ccc2ncnc(Nc3ccc(OCc4cccc(F)c4)c(Cl)c3)c2c1. The van der Waals surface area contributed by atoms with Crippen molar-refractivity contribution in [2.24, 2.45) is 0 Å². The van der Waals surface area contributed by atoms with Crippen LogP contribution in [0.2, 0.25) is 5.02 Å². The highest BCUT2D eigenvalue weighted by Gasteiger charge is 2.10. The van der Waals surface area contributed by atoms with Crippen LogP contribution in [0.4, 0.5) is 15.9 Å². The molecule has 0 spiro atoms. The van der Waals surface area contributed by atoms with Gasteiger partial charge in [-0.05, 0) is 65.7 Å². The van der Waals surface area contributed by atoms with Gasteiger partial charge in [-0.1, -0.05) is 23.7 Å². The van der Waals surface area contributed by atoms with E-state index in [0.29, 0.717) is 44.3 Å². The van der Waals surface area contributed by atoms with E-state index in [2.05, 4.69) is 15.3 Å². The molecule has 1 N–H and O–H groups in total. The number of rotatable bonds is 6. The Hall–Kier alpha value is -3.22. The third kappa shape index (κ3) is 4.50. The molecule has 0 aliphatic heterocycles. The van der Waals surface area contributed by atoms with Gasteiger partial charge < -0.3 is 10.1 Å². The predicted octanol–water partition coefficient (Wildman–Crippen LogP) is 6.12. The van der Waals surface area contributed by atoms with Gasteiger partial charge in [-0.15, -0.1) is 0 Å². The first kappa shape index (κ1) is 20.1. The second kappa shape index (κ2) is 8.65. The Balaban J connectivity index is 1.55. The lowest BCUT2D eigenvalue weighted by Gasteiger charge is -2.12. The Morgan fingerprint density at radius 2 is 1.93 bits per heavy atom. The van der Waals surface area contributed by atoms with E-state index < -0.39 is 5.24 Å². The van der Waals surface area contributed by atoms with Crippen LogP contribution in [-0.2, 0) is 6.61 Å². The first-order chi connectivity index (χ1) is 14.5. The van der Waals surface area contributed by atoms with Gasteiger partial charge in [0.1, 0.15) is 30.3 Å². The van der Waals surface area contributed by atoms with Crippen molar-refractivity contribution in [3.63, 3.8) is 0 Å². The van der Waals surface area contributed by atoms with Crippen molar-refractivity contribution in [2.45, 2.75) is 6.61 Å². The second-order valence-corrected chi connectivity index (χ2v) is 7.17. The number of hydrogen-bond acceptors (Lipinski definition) is 5. The van der Waals surface area contributed by atoms with Crippen LogP contribution < -0.4 is 10.1 Å². The van der Waals surface area contributed by atoms with Gasteiger partial charge in [0.2, 0.25) is 0 Å². The van der Waals surface area contributed by atoms with Crippen LogP contribution in [-0.4, -0.2) is 15.2 Å². The van der Waals surface area contributed by atoms with Crippen LogP contribution in [0.5, 0.6) is 5.75 Å². The summed E-state index contributed by atoms with van der Waals surface area (Å²) >= 11 is 11.9. The topological polar surface area (TPSA) is 64.1 Å². The molecule has 0 unspecified atom stereocenters. The predicted molar refractivity (Wildman–Crippen MR) is 115 cm³/mol. The smallest absolute Gasteiger partial charge is 0.252 e. The van der Waals surface area contributed by atoms with Crippen LogP contribution in [0.25, 0.3) is 10.9 Å². The summed E-state index contributed by atoms with van der Waals surface area (Å²) < 4.78 is 19.0. The molecule has 0 aliphatic carbocycles. The Bertz CT molecular complexity index is 1250. The van der Waals surface area contributed by atoms with E-state index in [1.165, 1.54) is 18.5 Å². The van der Waals surface area contributed by atoms with Gasteiger partial charge in [-0.3, -0.25) is 4.79 Å². The molecule has 0 aliphatic rings. The van der Waals surface area contributed by atoms with E-state index in [4.69, 9.17) is 27.9 Å². The van der Waals surface area contributed by atoms with Crippen molar-refractivity contribution in [3.8, 4) is 5.75 Å². The van der Waals surface area contributed by atoms with Gasteiger partial charge in [0.25, 0.3) is 5.24 Å². The van der Waals surface area contributed by atoms with Crippen molar-refractivity contribution in [3.05, 3.63) is 89.0 Å². The van der Waals surface area contributed by atoms with Gasteiger partial charge >= 0.3 is 0 Å². The number of carbonyl (C=O) groups is 1. The van der Waals surface area contributed by atoms with Crippen molar-refractivity contribution < 1.29 is 13.9 Å². The number of hydrogen-bond donors (Lipinski definition) is 1. The Morgan fingerprint density at radius 1 is 1.07 bits per heavy atom. The lowest BCUT2D eigenvalue weighted by molar-refractivity contribution is 0.108. The standard InChI is InChI=1S/C22H14Cl2FN3O2/c23-18-10-16(5-7-20(18)30-11-13-2-1-3-15(25)8-13)28-22-17-9-14(21(24)29)4-6-19(17)26-12-27-22/h1-10,12H,11H2,(H,26,27,28). The normalized spacial score (nSPS) is 10.8. The first-order valence-corrected chi connectivity index (χ1v) is 9.63. The Kier molecular flexibility index (Phi) is 5.79. The molecule has 0 saturated heterocycles. The number of nitrogens with one attached hydrogen (secondary N) is 1. The second-order valence-electron chi connectivity index (χ2n) is 6.42. The average molecular weight is 442 g/mol. The summed E-state index contributed by atoms with van der Waals surface area (Å²) in [5, 5.41) is 3.63. The fourth-order valence-corrected chi connectivity index (χ4v) is 3.25. The van der Waals surface area contributed by atoms with Crippen LogP contribution in [0.15, 0.2) is 67.0 Å². The van der Waals surface area contributed by atoms with E-state index in [9.17, 15) is 9.18 Å². The van der Waals surface area contributed by atoms with Gasteiger partial charge in [-0.2, -0.15) is 0 Å². The summed E-state index contributed by atoms with van der Waals surface area (Å²) in [6.07, 6.45) is 1.42. The van der Waals surface area contributed by atoms with Crippen molar-refractivity contribution in [1.82, 2.24) is 9.97 Å². The molecule has 30 heavy (non-hydrogen) atoms. The van der Waals surface area contributed by atoms with E-state index in [1.54, 1.807) is 48.5 Å². The van der Waals surface area contributed by atoms with Crippen LogP contribution >= 0.6 is 23.2 Å². The quantitative estimate of drug-likeness (QED) is 0.365. The van der Waals surface area contributed by atoms with Gasteiger partial charge in [0.15, 0.2) is 0 Å². The van der Waals surface area contributed by atoms with E-state index in [1.807, 2.05) is 0 Å². The molecular weight excluding hydrogens is 428 g/mol. The number of aromatic nitrogens is 2. The average Bonchev–Trinajstić information content (AvgIpc) is 2.73. The molecule has 150 valence electrons. The number of anilines is 2. The summed E-state index contributed by atoms with van der Waals surface area (Å²) in [5.41, 5.74) is 2.38. The zero-order valence-electron chi connectivity index (χ0n) is 15.4. The lowest BCUT2D eigenvalue weighted by Crippen LogP contribution is -1.99. The molecule has 8 heteroatoms. The molecular formula is C22H14Cl2FN3O2. The number of ether oxygens (including phenoxy) is 1. The minimum absolute atomic E-state index is 0.191. The summed E-state index contributed by atoms with van der Waals surface area (Å²) in [7, 11) is 0. The number of halogens is 3. The summed E-state index contributed by atoms with van der Waals surface area (Å²) in [6.45, 7) is 0.191. The minimum atomic E-state index is -0.561. The molecule has 1 aromatic heterocycles. The maximum Gasteiger partial charge on any atom is 0.252 e. The van der Waals surface area contributed by atoms with Crippen LogP contribution in [0.1, 0.15) is 15.9 Å². The van der Waals surface area contributed by atoms with Crippen molar-refractivity contribution in [1.29, 1.82) is 0 Å². The fraction of sp³-hybridized carbons (Fsp3) is 0.0455. The summed E-state index contributed by atoms with van der Waals surface area (Å²) in [6, 6.07) is 16.3. The summed E-state index contributed by atoms with van der Waals surface area (Å²) in [5.74, 6) is 0.649. The zero-order chi connectivity index (χ0) is 21.1. The van der Waals surface area contributed by atoms with E-state index in [0.717, 1.165) is 0 Å². The Morgan fingerprint density at radius 3 is 2.70 bits per heavy atom. The van der Waals surface area contributed by atoms with E-state index in [-0.39, 0.29) is 12.4 Å².